The molecule has 132 valence electrons. The minimum Gasteiger partial charge on any atom is -0.364 e. The highest BCUT2D eigenvalue weighted by atomic mass is 16.6. The van der Waals surface area contributed by atoms with E-state index >= 15 is 0 Å². The topological polar surface area (TPSA) is 106 Å². The van der Waals surface area contributed by atoms with Crippen LogP contribution in [0.2, 0.25) is 0 Å². The van der Waals surface area contributed by atoms with Gasteiger partial charge in [-0.1, -0.05) is 0 Å². The fraction of sp³-hybridized carbons (Fsp3) is 0.438. The third-order valence-corrected chi connectivity index (χ3v) is 4.74. The molecule has 1 fully saturated rings. The van der Waals surface area contributed by atoms with Gasteiger partial charge in [0.1, 0.15) is 12.0 Å². The number of anilines is 1. The summed E-state index contributed by atoms with van der Waals surface area (Å²) in [6, 6.07) is 2.60. The smallest absolute Gasteiger partial charge is 0.287 e. The van der Waals surface area contributed by atoms with Gasteiger partial charge in [0.15, 0.2) is 0 Å². The van der Waals surface area contributed by atoms with E-state index in [4.69, 9.17) is 0 Å². The Balaban J connectivity index is 1.91. The molecule has 25 heavy (non-hydrogen) atoms. The molecule has 0 radical (unpaired) electrons. The minimum atomic E-state index is -0.491. The second kappa shape index (κ2) is 6.15. The predicted octanol–water partition coefficient (Wildman–Crippen LogP) is 1.72. The molecule has 1 aliphatic heterocycles. The van der Waals surface area contributed by atoms with Crippen molar-refractivity contribution in [2.75, 3.05) is 12.4 Å². The molecule has 9 heteroatoms. The first-order chi connectivity index (χ1) is 11.8. The van der Waals surface area contributed by atoms with Crippen molar-refractivity contribution in [3.63, 3.8) is 0 Å². The van der Waals surface area contributed by atoms with Crippen LogP contribution in [0.15, 0.2) is 18.3 Å². The number of carbonyl (C=O) groups is 1. The number of likely N-dealkylation sites (tertiary alicyclic amines) is 1. The lowest BCUT2D eigenvalue weighted by Crippen LogP contribution is -2.31. The number of aryl methyl sites for hydroxylation is 2. The van der Waals surface area contributed by atoms with E-state index in [9.17, 15) is 14.9 Å². The average Bonchev–Trinajstić information content (AvgIpc) is 2.96. The van der Waals surface area contributed by atoms with Gasteiger partial charge >= 0.3 is 0 Å². The summed E-state index contributed by atoms with van der Waals surface area (Å²) >= 11 is 0. The van der Waals surface area contributed by atoms with Gasteiger partial charge in [-0.05, 0) is 19.9 Å². The third kappa shape index (κ3) is 2.92. The monoisotopic (exact) mass is 344 g/mol. The number of likely N-dealkylation sites (N-methyl/N-ethyl adjacent to an activating group) is 1. The van der Waals surface area contributed by atoms with Gasteiger partial charge in [0.05, 0.1) is 22.7 Å². The first kappa shape index (κ1) is 16.9. The standard InChI is InChI=1S/C16H20N6O3/c1-9-15(10(2)21(4)19-9)16-12(7-14(23)20(16)3)18-13-6-5-11(8-17-13)22(24)25/h5-6,8,12,16H,7H2,1-4H3,(H,17,18)/t12-,16-/m0/s1. The molecule has 0 aliphatic carbocycles. The average molecular weight is 344 g/mol. The van der Waals surface area contributed by atoms with Gasteiger partial charge in [0.25, 0.3) is 5.69 Å². The van der Waals surface area contributed by atoms with Crippen molar-refractivity contribution in [1.29, 1.82) is 0 Å². The molecule has 3 heterocycles. The molecule has 1 saturated heterocycles. The van der Waals surface area contributed by atoms with Gasteiger partial charge in [-0.25, -0.2) is 4.98 Å². The van der Waals surface area contributed by atoms with Crippen LogP contribution in [-0.4, -0.2) is 43.6 Å². The maximum absolute atomic E-state index is 12.3. The highest BCUT2D eigenvalue weighted by Gasteiger charge is 2.41. The fourth-order valence-corrected chi connectivity index (χ4v) is 3.38. The normalized spacial score (nSPS) is 20.2. The molecule has 0 unspecified atom stereocenters. The molecule has 2 aromatic rings. The molecular formula is C16H20N6O3. The van der Waals surface area contributed by atoms with E-state index in [2.05, 4.69) is 15.4 Å². The van der Waals surface area contributed by atoms with Crippen molar-refractivity contribution in [2.24, 2.45) is 7.05 Å². The molecule has 2 atom stereocenters. The van der Waals surface area contributed by atoms with E-state index in [1.54, 1.807) is 18.0 Å². The number of pyridine rings is 1. The van der Waals surface area contributed by atoms with E-state index in [1.165, 1.54) is 12.3 Å². The lowest BCUT2D eigenvalue weighted by Gasteiger charge is -2.26. The Hall–Kier alpha value is -2.97. The zero-order valence-electron chi connectivity index (χ0n) is 14.6. The molecule has 2 aromatic heterocycles. The second-order valence-electron chi connectivity index (χ2n) is 6.27. The number of aromatic nitrogens is 3. The van der Waals surface area contributed by atoms with Crippen LogP contribution >= 0.6 is 0 Å². The van der Waals surface area contributed by atoms with Crippen LogP contribution in [0.3, 0.4) is 0 Å². The van der Waals surface area contributed by atoms with Gasteiger partial charge in [0, 0.05) is 37.8 Å². The molecular weight excluding hydrogens is 324 g/mol. The maximum atomic E-state index is 12.3. The van der Waals surface area contributed by atoms with Crippen LogP contribution in [-0.2, 0) is 11.8 Å². The maximum Gasteiger partial charge on any atom is 0.287 e. The third-order valence-electron chi connectivity index (χ3n) is 4.74. The summed E-state index contributed by atoms with van der Waals surface area (Å²) < 4.78 is 1.81. The van der Waals surface area contributed by atoms with E-state index in [0.29, 0.717) is 12.2 Å². The number of nitrogens with zero attached hydrogens (tertiary/aromatic N) is 5. The summed E-state index contributed by atoms with van der Waals surface area (Å²) in [4.78, 5) is 28.3. The number of carbonyl (C=O) groups excluding carboxylic acids is 1. The number of nitro groups is 1. The molecule has 3 rings (SSSR count). The largest absolute Gasteiger partial charge is 0.364 e. The number of hydrogen-bond donors (Lipinski definition) is 1. The molecule has 0 aromatic carbocycles. The van der Waals surface area contributed by atoms with Gasteiger partial charge < -0.3 is 10.2 Å². The van der Waals surface area contributed by atoms with Crippen molar-refractivity contribution in [2.45, 2.75) is 32.4 Å². The van der Waals surface area contributed by atoms with Crippen LogP contribution in [0.1, 0.15) is 29.4 Å². The lowest BCUT2D eigenvalue weighted by molar-refractivity contribution is -0.385. The fourth-order valence-electron chi connectivity index (χ4n) is 3.38. The van der Waals surface area contributed by atoms with E-state index in [1.807, 2.05) is 25.6 Å². The quantitative estimate of drug-likeness (QED) is 0.669. The van der Waals surface area contributed by atoms with Crippen LogP contribution in [0.25, 0.3) is 0 Å². The van der Waals surface area contributed by atoms with Crippen molar-refractivity contribution < 1.29 is 9.72 Å². The number of nitrogens with one attached hydrogen (secondary N) is 1. The first-order valence-corrected chi connectivity index (χ1v) is 7.92. The predicted molar refractivity (Wildman–Crippen MR) is 91.1 cm³/mol. The van der Waals surface area contributed by atoms with E-state index in [-0.39, 0.29) is 23.7 Å². The van der Waals surface area contributed by atoms with Gasteiger partial charge in [-0.15, -0.1) is 0 Å². The van der Waals surface area contributed by atoms with E-state index in [0.717, 1.165) is 17.0 Å². The zero-order valence-corrected chi connectivity index (χ0v) is 14.6. The van der Waals surface area contributed by atoms with Crippen molar-refractivity contribution in [3.8, 4) is 0 Å². The van der Waals surface area contributed by atoms with Crippen molar-refractivity contribution in [1.82, 2.24) is 19.7 Å². The minimum absolute atomic E-state index is 0.0343. The number of amides is 1. The second-order valence-corrected chi connectivity index (χ2v) is 6.27. The number of rotatable bonds is 4. The molecule has 1 aliphatic rings. The van der Waals surface area contributed by atoms with Crippen LogP contribution in [0.4, 0.5) is 11.5 Å². The van der Waals surface area contributed by atoms with E-state index < -0.39 is 4.92 Å². The zero-order chi connectivity index (χ0) is 18.3. The van der Waals surface area contributed by atoms with Crippen LogP contribution in [0.5, 0.6) is 0 Å². The van der Waals surface area contributed by atoms with Crippen LogP contribution < -0.4 is 5.32 Å². The lowest BCUT2D eigenvalue weighted by atomic mass is 9.98. The molecule has 1 N–H and O–H groups in total. The molecule has 0 bridgehead atoms. The summed E-state index contributed by atoms with van der Waals surface area (Å²) in [6.45, 7) is 3.91. The Morgan fingerprint density at radius 3 is 2.56 bits per heavy atom. The SMILES string of the molecule is Cc1nn(C)c(C)c1[C@@H]1[C@@H](Nc2ccc([N+](=O)[O-])cn2)CC(=O)N1C. The molecule has 0 saturated carbocycles. The summed E-state index contributed by atoms with van der Waals surface area (Å²) in [5, 5.41) is 18.4. The Labute approximate surface area is 144 Å². The van der Waals surface area contributed by atoms with Gasteiger partial charge in [-0.2, -0.15) is 5.10 Å². The molecule has 0 spiro atoms. The first-order valence-electron chi connectivity index (χ1n) is 7.92. The Morgan fingerprint density at radius 2 is 2.04 bits per heavy atom. The number of hydrogen-bond acceptors (Lipinski definition) is 6. The van der Waals surface area contributed by atoms with Crippen LogP contribution in [0, 0.1) is 24.0 Å². The van der Waals surface area contributed by atoms with Crippen molar-refractivity contribution in [3.05, 3.63) is 45.4 Å². The van der Waals surface area contributed by atoms with Gasteiger partial charge in [0.2, 0.25) is 5.91 Å². The highest BCUT2D eigenvalue weighted by Crippen LogP contribution is 2.36. The molecule has 9 nitrogen and oxygen atoms in total. The summed E-state index contributed by atoms with van der Waals surface area (Å²) in [7, 11) is 3.66. The summed E-state index contributed by atoms with van der Waals surface area (Å²) in [6.07, 6.45) is 1.53. The van der Waals surface area contributed by atoms with Gasteiger partial charge in [-0.3, -0.25) is 19.6 Å². The summed E-state index contributed by atoms with van der Waals surface area (Å²) in [5.74, 6) is 0.537. The highest BCUT2D eigenvalue weighted by molar-refractivity contribution is 5.81. The Morgan fingerprint density at radius 1 is 1.32 bits per heavy atom. The van der Waals surface area contributed by atoms with Crippen molar-refractivity contribution >= 4 is 17.4 Å². The summed E-state index contributed by atoms with van der Waals surface area (Å²) in [5.41, 5.74) is 2.85. The molecule has 1 amide bonds. The Kier molecular flexibility index (Phi) is 4.15. The Bertz CT molecular complexity index is 829.